The van der Waals surface area contributed by atoms with Crippen LogP contribution >= 0.6 is 24.0 Å². The summed E-state index contributed by atoms with van der Waals surface area (Å²) in [6.45, 7) is 1.76. The van der Waals surface area contributed by atoms with Crippen LogP contribution in [0.3, 0.4) is 0 Å². The zero-order chi connectivity index (χ0) is 18.2. The van der Waals surface area contributed by atoms with Gasteiger partial charge in [0.2, 0.25) is 0 Å². The normalized spacial score (nSPS) is 11.8. The molecule has 0 saturated heterocycles. The molecule has 25 heavy (non-hydrogen) atoms. The molecule has 6 nitrogen and oxygen atoms in total. The van der Waals surface area contributed by atoms with Crippen LogP contribution in [0.5, 0.6) is 11.5 Å². The molecule has 0 aliphatic carbocycles. The maximum Gasteiger partial charge on any atom is 0.387 e. The van der Waals surface area contributed by atoms with Gasteiger partial charge in [-0.15, -0.1) is 24.0 Å². The average molecular weight is 473 g/mol. The molecule has 0 aliphatic rings. The second kappa shape index (κ2) is 11.3. The predicted octanol–water partition coefficient (Wildman–Crippen LogP) is 3.00. The molecular weight excluding hydrogens is 447 g/mol. The van der Waals surface area contributed by atoms with Crippen molar-refractivity contribution in [2.45, 2.75) is 32.6 Å². The van der Waals surface area contributed by atoms with Gasteiger partial charge in [0.05, 0.1) is 12.7 Å². The summed E-state index contributed by atoms with van der Waals surface area (Å²) in [5.74, 6) is 1.03. The summed E-state index contributed by atoms with van der Waals surface area (Å²) in [6.07, 6.45) is 0. The van der Waals surface area contributed by atoms with Gasteiger partial charge in [0, 0.05) is 38.9 Å². The predicted molar refractivity (Wildman–Crippen MR) is 104 cm³/mol. The summed E-state index contributed by atoms with van der Waals surface area (Å²) in [5.41, 5.74) is 0.201. The summed E-state index contributed by atoms with van der Waals surface area (Å²) >= 11 is 0. The quantitative estimate of drug-likeness (QED) is 0.346. The van der Waals surface area contributed by atoms with Crippen LogP contribution in [0.2, 0.25) is 0 Å². The van der Waals surface area contributed by atoms with E-state index in [9.17, 15) is 8.78 Å². The molecule has 1 aromatic carbocycles. The van der Waals surface area contributed by atoms with Crippen molar-refractivity contribution in [2.75, 3.05) is 27.8 Å². The molecule has 0 atom stereocenters. The largest absolute Gasteiger partial charge is 0.497 e. The Bertz CT molecular complexity index is 557. The standard InChI is InChI=1S/C16H25F2N3O3.HI/c1-16(2,23-5)10-21-15(19-3)20-9-11-6-7-12(22-4)8-13(11)24-14(17)18;/h6-8,14H,9-10H2,1-5H3,(H2,19,20,21);1H. The van der Waals surface area contributed by atoms with Crippen molar-refractivity contribution in [1.82, 2.24) is 10.6 Å². The van der Waals surface area contributed by atoms with E-state index in [2.05, 4.69) is 20.4 Å². The molecule has 0 radical (unpaired) electrons. The SMILES string of the molecule is CN=C(NCc1ccc(OC)cc1OC(F)F)NCC(C)(C)OC.I. The van der Waals surface area contributed by atoms with Crippen LogP contribution in [-0.2, 0) is 11.3 Å². The number of nitrogens with zero attached hydrogens (tertiary/aromatic N) is 1. The molecule has 9 heteroatoms. The molecule has 0 bridgehead atoms. The van der Waals surface area contributed by atoms with E-state index in [-0.39, 0.29) is 41.9 Å². The van der Waals surface area contributed by atoms with Gasteiger partial charge in [0.25, 0.3) is 0 Å². The van der Waals surface area contributed by atoms with Crippen molar-refractivity contribution in [3.63, 3.8) is 0 Å². The second-order valence-electron chi connectivity index (χ2n) is 5.60. The van der Waals surface area contributed by atoms with Gasteiger partial charge >= 0.3 is 6.61 Å². The Kier molecular flexibility index (Phi) is 10.7. The lowest BCUT2D eigenvalue weighted by Crippen LogP contribution is -2.45. The third kappa shape index (κ3) is 8.52. The number of nitrogens with one attached hydrogen (secondary N) is 2. The van der Waals surface area contributed by atoms with Crippen molar-refractivity contribution in [3.8, 4) is 11.5 Å². The van der Waals surface area contributed by atoms with Crippen molar-refractivity contribution in [2.24, 2.45) is 4.99 Å². The molecule has 0 heterocycles. The topological polar surface area (TPSA) is 64.1 Å². The lowest BCUT2D eigenvalue weighted by molar-refractivity contribution is -0.0505. The highest BCUT2D eigenvalue weighted by molar-refractivity contribution is 14.0. The van der Waals surface area contributed by atoms with Gasteiger partial charge in [-0.3, -0.25) is 4.99 Å². The summed E-state index contributed by atoms with van der Waals surface area (Å²) in [7, 11) is 4.71. The Morgan fingerprint density at radius 1 is 1.24 bits per heavy atom. The van der Waals surface area contributed by atoms with E-state index in [1.165, 1.54) is 13.2 Å². The van der Waals surface area contributed by atoms with Gasteiger partial charge < -0.3 is 24.8 Å². The van der Waals surface area contributed by atoms with Crippen molar-refractivity contribution < 1.29 is 23.0 Å². The van der Waals surface area contributed by atoms with Crippen molar-refractivity contribution in [3.05, 3.63) is 23.8 Å². The third-order valence-corrected chi connectivity index (χ3v) is 3.39. The molecule has 0 unspecified atom stereocenters. The van der Waals surface area contributed by atoms with E-state index < -0.39 is 6.61 Å². The van der Waals surface area contributed by atoms with Crippen molar-refractivity contribution >= 4 is 29.9 Å². The fourth-order valence-electron chi connectivity index (χ4n) is 1.78. The zero-order valence-electron chi connectivity index (χ0n) is 15.1. The average Bonchev–Trinajstić information content (AvgIpc) is 2.55. The van der Waals surface area contributed by atoms with Crippen LogP contribution in [0.15, 0.2) is 23.2 Å². The number of halogens is 3. The number of guanidine groups is 1. The van der Waals surface area contributed by atoms with Crippen LogP contribution < -0.4 is 20.1 Å². The van der Waals surface area contributed by atoms with Gasteiger partial charge in [0.15, 0.2) is 5.96 Å². The van der Waals surface area contributed by atoms with E-state index in [0.717, 1.165) is 0 Å². The van der Waals surface area contributed by atoms with Gasteiger partial charge in [-0.2, -0.15) is 8.78 Å². The number of ether oxygens (including phenoxy) is 3. The van der Waals surface area contributed by atoms with Crippen LogP contribution in [0.1, 0.15) is 19.4 Å². The first kappa shape index (κ1) is 23.6. The fourth-order valence-corrected chi connectivity index (χ4v) is 1.78. The molecule has 0 fully saturated rings. The number of hydrogen-bond donors (Lipinski definition) is 2. The highest BCUT2D eigenvalue weighted by Crippen LogP contribution is 2.26. The Hall–Kier alpha value is -1.36. The Morgan fingerprint density at radius 3 is 2.44 bits per heavy atom. The number of rotatable bonds is 8. The molecule has 0 aromatic heterocycles. The number of hydrogen-bond acceptors (Lipinski definition) is 4. The van der Waals surface area contributed by atoms with Crippen LogP contribution in [0.4, 0.5) is 8.78 Å². The minimum absolute atomic E-state index is 0. The van der Waals surface area contributed by atoms with E-state index >= 15 is 0 Å². The minimum atomic E-state index is -2.91. The third-order valence-electron chi connectivity index (χ3n) is 3.39. The monoisotopic (exact) mass is 473 g/mol. The Balaban J connectivity index is 0.00000576. The van der Waals surface area contributed by atoms with E-state index in [1.807, 2.05) is 13.8 Å². The number of benzene rings is 1. The molecule has 2 N–H and O–H groups in total. The first-order valence-electron chi connectivity index (χ1n) is 7.42. The molecule has 0 spiro atoms. The first-order valence-corrected chi connectivity index (χ1v) is 7.42. The zero-order valence-corrected chi connectivity index (χ0v) is 17.4. The summed E-state index contributed by atoms with van der Waals surface area (Å²) < 4.78 is 40.0. The van der Waals surface area contributed by atoms with Crippen molar-refractivity contribution in [1.29, 1.82) is 0 Å². The maximum atomic E-state index is 12.6. The second-order valence-corrected chi connectivity index (χ2v) is 5.60. The molecule has 144 valence electrons. The van der Waals surface area contributed by atoms with Gasteiger partial charge in [-0.25, -0.2) is 0 Å². The molecule has 0 aliphatic heterocycles. The number of aliphatic imine (C=N–C) groups is 1. The first-order chi connectivity index (χ1) is 11.3. The smallest absolute Gasteiger partial charge is 0.387 e. The van der Waals surface area contributed by atoms with E-state index in [4.69, 9.17) is 9.47 Å². The van der Waals surface area contributed by atoms with Crippen LogP contribution in [0.25, 0.3) is 0 Å². The molecular formula is C16H26F2IN3O3. The van der Waals surface area contributed by atoms with Gasteiger partial charge in [0.1, 0.15) is 11.5 Å². The molecule has 0 amide bonds. The number of methoxy groups -OCH3 is 2. The number of alkyl halides is 2. The van der Waals surface area contributed by atoms with Crippen LogP contribution in [-0.4, -0.2) is 46.0 Å². The van der Waals surface area contributed by atoms with Gasteiger partial charge in [-0.1, -0.05) is 0 Å². The Morgan fingerprint density at radius 2 is 1.92 bits per heavy atom. The lowest BCUT2D eigenvalue weighted by atomic mass is 10.1. The summed E-state index contributed by atoms with van der Waals surface area (Å²) in [4.78, 5) is 4.09. The highest BCUT2D eigenvalue weighted by Gasteiger charge is 2.17. The van der Waals surface area contributed by atoms with Crippen LogP contribution in [0, 0.1) is 0 Å². The molecule has 0 saturated carbocycles. The highest BCUT2D eigenvalue weighted by atomic mass is 127. The maximum absolute atomic E-state index is 12.6. The van der Waals surface area contributed by atoms with Gasteiger partial charge in [-0.05, 0) is 26.0 Å². The summed E-state index contributed by atoms with van der Waals surface area (Å²) in [6, 6.07) is 4.77. The Labute approximate surface area is 164 Å². The molecule has 1 rings (SSSR count). The molecule has 1 aromatic rings. The summed E-state index contributed by atoms with van der Waals surface area (Å²) in [5, 5.41) is 6.17. The van der Waals surface area contributed by atoms with E-state index in [0.29, 0.717) is 23.8 Å². The minimum Gasteiger partial charge on any atom is -0.497 e. The lowest BCUT2D eigenvalue weighted by Gasteiger charge is -2.24. The van der Waals surface area contributed by atoms with E-state index in [1.54, 1.807) is 26.3 Å². The fraction of sp³-hybridized carbons (Fsp3) is 0.562.